The summed E-state index contributed by atoms with van der Waals surface area (Å²) in [6, 6.07) is 3.38. The van der Waals surface area contributed by atoms with E-state index in [2.05, 4.69) is 35.6 Å². The second-order valence-corrected chi connectivity index (χ2v) is 7.20. The first-order valence-corrected chi connectivity index (χ1v) is 9.69. The van der Waals surface area contributed by atoms with Gasteiger partial charge in [-0.1, -0.05) is 0 Å². The van der Waals surface area contributed by atoms with E-state index in [-0.39, 0.29) is 40.6 Å². The van der Waals surface area contributed by atoms with Crippen LogP contribution in [0.5, 0.6) is 11.9 Å². The minimum absolute atomic E-state index is 0.0360. The van der Waals surface area contributed by atoms with E-state index in [9.17, 15) is 31.5 Å². The maximum Gasteiger partial charge on any atom is 0.491 e. The Morgan fingerprint density at radius 1 is 1.18 bits per heavy atom. The first kappa shape index (κ1) is 24.2. The van der Waals surface area contributed by atoms with Crippen LogP contribution in [0.1, 0.15) is 17.1 Å². The lowest BCUT2D eigenvalue weighted by atomic mass is 10.2. The standard InChI is InChI=1S/C19H12BrF5N4O4/c1-9-27-15(32-8-10-2-3-11(21)6-13(10)22)14(20)16(30)29(9)7-12-4-5-26-18(28-12)33-17(31)19(23,24)25/h2-6H,7-8H2,1H3. The first-order valence-electron chi connectivity index (χ1n) is 8.90. The third kappa shape index (κ3) is 5.88. The van der Waals surface area contributed by atoms with E-state index in [4.69, 9.17) is 4.74 Å². The normalized spacial score (nSPS) is 11.4. The Morgan fingerprint density at radius 2 is 1.91 bits per heavy atom. The van der Waals surface area contributed by atoms with Gasteiger partial charge in [0.1, 0.15) is 28.5 Å². The lowest BCUT2D eigenvalue weighted by Crippen LogP contribution is -2.29. The van der Waals surface area contributed by atoms with E-state index in [0.29, 0.717) is 6.07 Å². The molecule has 0 aliphatic rings. The smallest absolute Gasteiger partial charge is 0.472 e. The summed E-state index contributed by atoms with van der Waals surface area (Å²) >= 11 is 3.05. The van der Waals surface area contributed by atoms with Gasteiger partial charge in [-0.05, 0) is 41.1 Å². The van der Waals surface area contributed by atoms with E-state index < -0.39 is 35.3 Å². The van der Waals surface area contributed by atoms with Gasteiger partial charge in [-0.15, -0.1) is 0 Å². The molecule has 0 spiro atoms. The van der Waals surface area contributed by atoms with Crippen molar-refractivity contribution in [2.45, 2.75) is 26.3 Å². The summed E-state index contributed by atoms with van der Waals surface area (Å²) in [5.41, 5.74) is -0.547. The van der Waals surface area contributed by atoms with Crippen molar-refractivity contribution in [3.63, 3.8) is 0 Å². The number of aryl methyl sites for hydroxylation is 1. The number of hydrogen-bond acceptors (Lipinski definition) is 7. The van der Waals surface area contributed by atoms with Gasteiger partial charge in [0.05, 0.1) is 12.2 Å². The molecule has 8 nitrogen and oxygen atoms in total. The molecule has 33 heavy (non-hydrogen) atoms. The summed E-state index contributed by atoms with van der Waals surface area (Å²) in [5.74, 6) is -4.10. The van der Waals surface area contributed by atoms with Crippen molar-refractivity contribution in [3.8, 4) is 11.9 Å². The number of alkyl halides is 3. The number of benzene rings is 1. The molecule has 1 aromatic carbocycles. The molecular formula is C19H12BrF5N4O4. The van der Waals surface area contributed by atoms with Crippen molar-refractivity contribution in [3.05, 3.63) is 74.0 Å². The Balaban J connectivity index is 1.80. The van der Waals surface area contributed by atoms with Crippen LogP contribution in [0.2, 0.25) is 0 Å². The minimum atomic E-state index is -5.23. The average Bonchev–Trinajstić information content (AvgIpc) is 2.73. The zero-order valence-corrected chi connectivity index (χ0v) is 18.1. The van der Waals surface area contributed by atoms with Crippen LogP contribution in [0, 0.1) is 18.6 Å². The Bertz CT molecular complexity index is 1270. The molecule has 0 bridgehead atoms. The van der Waals surface area contributed by atoms with E-state index in [1.54, 1.807) is 0 Å². The Kier molecular flexibility index (Phi) is 7.05. The van der Waals surface area contributed by atoms with E-state index in [0.717, 1.165) is 16.8 Å². The lowest BCUT2D eigenvalue weighted by Gasteiger charge is -2.13. The number of hydrogen-bond donors (Lipinski definition) is 0. The largest absolute Gasteiger partial charge is 0.491 e. The molecule has 0 radical (unpaired) electrons. The monoisotopic (exact) mass is 534 g/mol. The highest BCUT2D eigenvalue weighted by atomic mass is 79.9. The highest BCUT2D eigenvalue weighted by Crippen LogP contribution is 2.22. The van der Waals surface area contributed by atoms with E-state index in [1.165, 1.54) is 19.1 Å². The molecule has 3 rings (SSSR count). The second-order valence-electron chi connectivity index (χ2n) is 6.41. The van der Waals surface area contributed by atoms with Crippen LogP contribution >= 0.6 is 15.9 Å². The van der Waals surface area contributed by atoms with Crippen molar-refractivity contribution in [1.29, 1.82) is 0 Å². The molecule has 3 aromatic rings. The van der Waals surface area contributed by atoms with Crippen LogP contribution in [0.25, 0.3) is 0 Å². The number of nitrogens with zero attached hydrogens (tertiary/aromatic N) is 4. The molecule has 0 saturated carbocycles. The number of ether oxygens (including phenoxy) is 2. The van der Waals surface area contributed by atoms with Gasteiger partial charge in [0.25, 0.3) is 5.56 Å². The fourth-order valence-electron chi connectivity index (χ4n) is 2.50. The maximum atomic E-state index is 13.8. The zero-order valence-electron chi connectivity index (χ0n) is 16.5. The third-order valence-corrected chi connectivity index (χ3v) is 4.76. The third-order valence-electron chi connectivity index (χ3n) is 4.08. The fraction of sp³-hybridized carbons (Fsp3) is 0.211. The molecule has 0 amide bonds. The van der Waals surface area contributed by atoms with Gasteiger partial charge in [-0.3, -0.25) is 9.36 Å². The molecule has 174 valence electrons. The molecule has 14 heteroatoms. The van der Waals surface area contributed by atoms with Gasteiger partial charge in [-0.25, -0.2) is 18.6 Å². The quantitative estimate of drug-likeness (QED) is 0.353. The summed E-state index contributed by atoms with van der Waals surface area (Å²) in [6.07, 6.45) is -4.17. The van der Waals surface area contributed by atoms with Crippen molar-refractivity contribution >= 4 is 21.9 Å². The number of aromatic nitrogens is 4. The Labute approximate surface area is 190 Å². The van der Waals surface area contributed by atoms with Crippen LogP contribution in [-0.4, -0.2) is 31.7 Å². The van der Waals surface area contributed by atoms with Crippen molar-refractivity contribution < 1.29 is 36.2 Å². The average molecular weight is 535 g/mol. The topological polar surface area (TPSA) is 96.2 Å². The number of carbonyl (C=O) groups is 1. The van der Waals surface area contributed by atoms with Crippen LogP contribution in [0.4, 0.5) is 22.0 Å². The maximum absolute atomic E-state index is 13.8. The van der Waals surface area contributed by atoms with Gasteiger partial charge in [0.2, 0.25) is 5.88 Å². The Hall–Kier alpha value is -3.42. The number of carbonyl (C=O) groups excluding carboxylic acids is 1. The highest BCUT2D eigenvalue weighted by molar-refractivity contribution is 9.10. The molecule has 0 aliphatic heterocycles. The van der Waals surface area contributed by atoms with E-state index >= 15 is 0 Å². The summed E-state index contributed by atoms with van der Waals surface area (Å²) < 4.78 is 74.3. The molecule has 0 atom stereocenters. The second kappa shape index (κ2) is 9.60. The van der Waals surface area contributed by atoms with Crippen molar-refractivity contribution in [2.24, 2.45) is 0 Å². The Morgan fingerprint density at radius 3 is 2.58 bits per heavy atom. The summed E-state index contributed by atoms with van der Waals surface area (Å²) in [4.78, 5) is 34.9. The summed E-state index contributed by atoms with van der Waals surface area (Å²) in [7, 11) is 0. The molecule has 2 heterocycles. The predicted octanol–water partition coefficient (Wildman–Crippen LogP) is 3.48. The first-order chi connectivity index (χ1) is 15.5. The van der Waals surface area contributed by atoms with Gasteiger partial charge < -0.3 is 9.47 Å². The molecular weight excluding hydrogens is 523 g/mol. The zero-order chi connectivity index (χ0) is 24.3. The lowest BCUT2D eigenvalue weighted by molar-refractivity contribution is -0.190. The number of halogens is 6. The molecule has 0 saturated heterocycles. The summed E-state index contributed by atoms with van der Waals surface area (Å²) in [6.45, 7) is 0.869. The van der Waals surface area contributed by atoms with Gasteiger partial charge in [-0.2, -0.15) is 23.1 Å². The number of rotatable bonds is 6. The van der Waals surface area contributed by atoms with Crippen LogP contribution < -0.4 is 15.0 Å². The van der Waals surface area contributed by atoms with Crippen LogP contribution in [-0.2, 0) is 17.9 Å². The van der Waals surface area contributed by atoms with E-state index in [1.807, 2.05) is 0 Å². The van der Waals surface area contributed by atoms with Crippen LogP contribution in [0.15, 0.2) is 39.7 Å². The van der Waals surface area contributed by atoms with Gasteiger partial charge >= 0.3 is 18.2 Å². The van der Waals surface area contributed by atoms with Gasteiger partial charge in [0, 0.05) is 17.8 Å². The minimum Gasteiger partial charge on any atom is -0.472 e. The molecule has 0 N–H and O–H groups in total. The molecule has 0 unspecified atom stereocenters. The van der Waals surface area contributed by atoms with Crippen molar-refractivity contribution in [1.82, 2.24) is 19.5 Å². The highest BCUT2D eigenvalue weighted by Gasteiger charge is 2.42. The molecule has 2 aromatic heterocycles. The number of esters is 1. The molecule has 0 aliphatic carbocycles. The van der Waals surface area contributed by atoms with Gasteiger partial charge in [0.15, 0.2) is 0 Å². The SMILES string of the molecule is Cc1nc(OCc2ccc(F)cc2F)c(Br)c(=O)n1Cc1ccnc(OC(=O)C(F)(F)F)n1. The van der Waals surface area contributed by atoms with Crippen molar-refractivity contribution in [2.75, 3.05) is 0 Å². The van der Waals surface area contributed by atoms with Crippen LogP contribution in [0.3, 0.4) is 0 Å². The summed E-state index contributed by atoms with van der Waals surface area (Å²) in [5, 5.41) is 0. The predicted molar refractivity (Wildman–Crippen MR) is 104 cm³/mol. The fourth-order valence-corrected chi connectivity index (χ4v) is 2.91. The molecule has 0 fully saturated rings.